The molecule has 1 saturated heterocycles. The van der Waals surface area contributed by atoms with Gasteiger partial charge in [0.05, 0.1) is 6.61 Å². The Bertz CT molecular complexity index is 1770. The first-order valence-corrected chi connectivity index (χ1v) is 28.5. The summed E-state index contributed by atoms with van der Waals surface area (Å²) in [5, 5.41) is 31.4. The summed E-state index contributed by atoms with van der Waals surface area (Å²) in [6.45, 7) is 5.65. The number of allylic oxidation sites excluding steroid dienone is 20. The second-order valence-corrected chi connectivity index (χ2v) is 18.8. The number of aliphatic hydroxyl groups is 2. The first kappa shape index (κ1) is 68.1. The average Bonchev–Trinajstić information content (AvgIpc) is 3.39. The van der Waals surface area contributed by atoms with Gasteiger partial charge in [0, 0.05) is 19.3 Å². The van der Waals surface area contributed by atoms with Crippen molar-refractivity contribution >= 4 is 23.9 Å². The zero-order chi connectivity index (χ0) is 54.7. The summed E-state index contributed by atoms with van der Waals surface area (Å²) in [6, 6.07) is 0. The fourth-order valence-electron chi connectivity index (χ4n) is 7.67. The molecule has 12 nitrogen and oxygen atoms in total. The SMILES string of the molecule is CC/C=C\C/C=C\C/C=C\C/C=C\CCCCC(=O)OCC(COC1OC(C(=O)O)C(O)C(O)C1OC(=O)CCCC/C=C\C/C=C\C/C=C\C/C=C\CC)OC(=O)CCCCCCC/C=C\C/C=C\CCCCC. The fraction of sp³-hybridized carbons (Fsp3) is 0.619. The van der Waals surface area contributed by atoms with Crippen molar-refractivity contribution in [1.82, 2.24) is 0 Å². The third-order valence-corrected chi connectivity index (χ3v) is 12.0. The number of carboxylic acids is 1. The van der Waals surface area contributed by atoms with Crippen molar-refractivity contribution in [2.75, 3.05) is 13.2 Å². The van der Waals surface area contributed by atoms with Gasteiger partial charge >= 0.3 is 23.9 Å². The van der Waals surface area contributed by atoms with Crippen LogP contribution >= 0.6 is 0 Å². The van der Waals surface area contributed by atoms with Gasteiger partial charge in [-0.3, -0.25) is 14.4 Å². The molecule has 0 bridgehead atoms. The van der Waals surface area contributed by atoms with E-state index in [0.29, 0.717) is 25.7 Å². The Balaban J connectivity index is 2.78. The molecule has 1 fully saturated rings. The lowest BCUT2D eigenvalue weighted by molar-refractivity contribution is -0.301. The van der Waals surface area contributed by atoms with E-state index in [-0.39, 0.29) is 25.9 Å². The summed E-state index contributed by atoms with van der Waals surface area (Å²) in [5.41, 5.74) is 0. The minimum absolute atomic E-state index is 0.00424. The Morgan fingerprint density at radius 2 is 0.840 bits per heavy atom. The van der Waals surface area contributed by atoms with E-state index in [1.807, 2.05) is 0 Å². The summed E-state index contributed by atoms with van der Waals surface area (Å²) < 4.78 is 28.3. The van der Waals surface area contributed by atoms with Crippen LogP contribution in [0.1, 0.15) is 201 Å². The molecule has 0 aromatic rings. The maximum atomic E-state index is 13.1. The van der Waals surface area contributed by atoms with Gasteiger partial charge in [0.1, 0.15) is 18.8 Å². The molecule has 0 amide bonds. The Morgan fingerprint density at radius 1 is 0.453 bits per heavy atom. The molecular formula is C63H98O12. The van der Waals surface area contributed by atoms with Crippen molar-refractivity contribution < 1.29 is 58.2 Å². The topological polar surface area (TPSA) is 175 Å². The molecule has 0 aromatic carbocycles. The van der Waals surface area contributed by atoms with Gasteiger partial charge in [0.25, 0.3) is 0 Å². The molecule has 0 radical (unpaired) electrons. The number of rotatable bonds is 46. The molecule has 12 heteroatoms. The Kier molecular flexibility index (Phi) is 45.4. The van der Waals surface area contributed by atoms with E-state index in [9.17, 15) is 34.5 Å². The van der Waals surface area contributed by atoms with Crippen molar-refractivity contribution in [2.45, 2.75) is 237 Å². The highest BCUT2D eigenvalue weighted by molar-refractivity contribution is 5.74. The number of carbonyl (C=O) groups excluding carboxylic acids is 3. The molecular weight excluding hydrogens is 949 g/mol. The zero-order valence-electron chi connectivity index (χ0n) is 46.2. The van der Waals surface area contributed by atoms with Crippen molar-refractivity contribution in [3.8, 4) is 0 Å². The van der Waals surface area contributed by atoms with Crippen molar-refractivity contribution in [1.29, 1.82) is 0 Å². The number of aliphatic hydroxyl groups excluding tert-OH is 2. The second-order valence-electron chi connectivity index (χ2n) is 18.8. The molecule has 6 atom stereocenters. The number of ether oxygens (including phenoxy) is 5. The molecule has 75 heavy (non-hydrogen) atoms. The van der Waals surface area contributed by atoms with E-state index in [2.05, 4.69) is 142 Å². The highest BCUT2D eigenvalue weighted by Gasteiger charge is 2.50. The monoisotopic (exact) mass is 1050 g/mol. The van der Waals surface area contributed by atoms with E-state index in [4.69, 9.17) is 23.7 Å². The molecule has 0 aromatic heterocycles. The number of hydrogen-bond acceptors (Lipinski definition) is 11. The van der Waals surface area contributed by atoms with Gasteiger partial charge < -0.3 is 39.0 Å². The van der Waals surface area contributed by atoms with Crippen LogP contribution in [-0.4, -0.2) is 89.2 Å². The molecule has 0 spiro atoms. The molecule has 1 aliphatic heterocycles. The first-order chi connectivity index (χ1) is 36.6. The van der Waals surface area contributed by atoms with Crippen molar-refractivity contribution in [3.63, 3.8) is 0 Å². The highest BCUT2D eigenvalue weighted by atomic mass is 16.7. The molecule has 3 N–H and O–H groups in total. The van der Waals surface area contributed by atoms with Crippen LogP contribution in [0.2, 0.25) is 0 Å². The Hall–Kier alpha value is -4.88. The van der Waals surface area contributed by atoms with Crippen molar-refractivity contribution in [2.24, 2.45) is 0 Å². The van der Waals surface area contributed by atoms with Gasteiger partial charge in [-0.15, -0.1) is 0 Å². The number of aliphatic carboxylic acids is 1. The van der Waals surface area contributed by atoms with Gasteiger partial charge in [-0.1, -0.05) is 174 Å². The van der Waals surface area contributed by atoms with Crippen molar-refractivity contribution in [3.05, 3.63) is 122 Å². The van der Waals surface area contributed by atoms with E-state index in [1.165, 1.54) is 19.3 Å². The van der Waals surface area contributed by atoms with Gasteiger partial charge in [0.15, 0.2) is 24.6 Å². The van der Waals surface area contributed by atoms with Crippen LogP contribution in [0.4, 0.5) is 0 Å². The minimum atomic E-state index is -1.93. The summed E-state index contributed by atoms with van der Waals surface area (Å²) >= 11 is 0. The lowest BCUT2D eigenvalue weighted by Crippen LogP contribution is -2.61. The lowest BCUT2D eigenvalue weighted by Gasteiger charge is -2.40. The summed E-state index contributed by atoms with van der Waals surface area (Å²) in [4.78, 5) is 51.0. The van der Waals surface area contributed by atoms with Crippen LogP contribution < -0.4 is 0 Å². The third kappa shape index (κ3) is 40.1. The lowest BCUT2D eigenvalue weighted by atomic mass is 9.98. The predicted octanol–water partition coefficient (Wildman–Crippen LogP) is 14.4. The number of hydrogen-bond donors (Lipinski definition) is 3. The van der Waals surface area contributed by atoms with Crippen LogP contribution in [0.15, 0.2) is 122 Å². The highest BCUT2D eigenvalue weighted by Crippen LogP contribution is 2.26. The molecule has 1 rings (SSSR count). The Morgan fingerprint density at radius 3 is 1.31 bits per heavy atom. The molecule has 1 heterocycles. The molecule has 0 saturated carbocycles. The van der Waals surface area contributed by atoms with E-state index in [1.54, 1.807) is 0 Å². The predicted molar refractivity (Wildman–Crippen MR) is 303 cm³/mol. The van der Waals surface area contributed by atoms with Crippen LogP contribution in [0.3, 0.4) is 0 Å². The van der Waals surface area contributed by atoms with Gasteiger partial charge in [-0.2, -0.15) is 0 Å². The summed E-state index contributed by atoms with van der Waals surface area (Å²) in [7, 11) is 0. The van der Waals surface area contributed by atoms with Crippen LogP contribution in [0.5, 0.6) is 0 Å². The van der Waals surface area contributed by atoms with Crippen LogP contribution in [-0.2, 0) is 42.9 Å². The number of carboxylic acid groups (broad SMARTS) is 1. The maximum Gasteiger partial charge on any atom is 0.335 e. The van der Waals surface area contributed by atoms with Crippen LogP contribution in [0.25, 0.3) is 0 Å². The number of esters is 3. The minimum Gasteiger partial charge on any atom is -0.479 e. The molecule has 422 valence electrons. The normalized spacial score (nSPS) is 19.1. The average molecular weight is 1050 g/mol. The fourth-order valence-corrected chi connectivity index (χ4v) is 7.67. The first-order valence-electron chi connectivity index (χ1n) is 28.5. The quantitative estimate of drug-likeness (QED) is 0.0228. The number of carbonyl (C=O) groups is 4. The van der Waals surface area contributed by atoms with E-state index in [0.717, 1.165) is 116 Å². The molecule has 0 aliphatic carbocycles. The maximum absolute atomic E-state index is 13.1. The standard InChI is InChI=1S/C63H98O12/c1-4-7-10-13-16-19-22-25-28-31-34-37-40-43-46-49-55(64)71-52-54(73-56(65)50-47-44-41-38-35-32-29-26-23-20-17-14-11-8-5-2)53-72-63-61(59(68)58(67)60(75-63)62(69)70)74-57(66)51-48-45-42-39-36-33-30-27-24-21-18-15-12-9-6-3/h7,9-10,12,16-21,25-30,34,36-37,39,54,58-61,63,67-68H,4-6,8,11,13-15,22-24,31-33,35,38,40-53H2,1-3H3,(H,69,70)/b10-7-,12-9-,19-16-,20-17-,21-18-,28-25-,29-26-,30-27-,37-34-,39-36-. The van der Waals surface area contributed by atoms with E-state index >= 15 is 0 Å². The summed E-state index contributed by atoms with van der Waals surface area (Å²) in [6.07, 6.45) is 56.0. The van der Waals surface area contributed by atoms with Crippen LogP contribution in [0, 0.1) is 0 Å². The van der Waals surface area contributed by atoms with Gasteiger partial charge in [-0.05, 0) is 128 Å². The second kappa shape index (κ2) is 50.0. The number of unbranched alkanes of at least 4 members (excludes halogenated alkanes) is 12. The smallest absolute Gasteiger partial charge is 0.335 e. The molecule has 6 unspecified atom stereocenters. The van der Waals surface area contributed by atoms with Gasteiger partial charge in [0.2, 0.25) is 0 Å². The van der Waals surface area contributed by atoms with Gasteiger partial charge in [-0.25, -0.2) is 4.79 Å². The summed E-state index contributed by atoms with van der Waals surface area (Å²) in [5.74, 6) is -3.27. The molecule has 1 aliphatic rings. The van der Waals surface area contributed by atoms with E-state index < -0.39 is 67.3 Å². The zero-order valence-corrected chi connectivity index (χ0v) is 46.2. The third-order valence-electron chi connectivity index (χ3n) is 12.0. The Labute approximate surface area is 452 Å². The largest absolute Gasteiger partial charge is 0.479 e.